The molecule has 3 aromatic rings. The van der Waals surface area contributed by atoms with Crippen molar-refractivity contribution < 1.29 is 9.84 Å². The number of unbranched alkanes of at least 4 members (excludes halogenated alkanes) is 1. The average Bonchev–Trinajstić information content (AvgIpc) is 2.73. The first-order valence-electron chi connectivity index (χ1n) is 9.19. The molecule has 1 N–H and O–H groups in total. The number of aromatic nitrogens is 1. The molecule has 28 heavy (non-hydrogen) atoms. The van der Waals surface area contributed by atoms with Gasteiger partial charge in [-0.15, -0.1) is 0 Å². The Morgan fingerprint density at radius 3 is 2.54 bits per heavy atom. The summed E-state index contributed by atoms with van der Waals surface area (Å²) < 4.78 is 5.93. The summed E-state index contributed by atoms with van der Waals surface area (Å²) in [6, 6.07) is 17.6. The van der Waals surface area contributed by atoms with E-state index in [1.165, 1.54) is 7.11 Å². The number of hydrogen-bond acceptors (Lipinski definition) is 4. The molecular formula is C23H21AsN2O2. The maximum absolute atomic E-state index is 10.0. The number of aromatic hydroxyl groups is 1. The van der Waals surface area contributed by atoms with Gasteiger partial charge in [-0.3, -0.25) is 0 Å². The van der Waals surface area contributed by atoms with Gasteiger partial charge >= 0.3 is 174 Å². The molecule has 0 atom stereocenters. The van der Waals surface area contributed by atoms with E-state index >= 15 is 0 Å². The minimum atomic E-state index is 0.0738. The Morgan fingerprint density at radius 1 is 1.14 bits per heavy atom. The summed E-state index contributed by atoms with van der Waals surface area (Å²) in [5.74, 6) is 0.456. The quantitative estimate of drug-likeness (QED) is 0.595. The number of ether oxygens (including phenoxy) is 1. The van der Waals surface area contributed by atoms with E-state index in [1.54, 1.807) is 12.1 Å². The SMILES string of the molecule is CCCCc1c(-c2ccccc2)nc([As])c(C#N)c1-c1ccc(O)c(OC)c1. The van der Waals surface area contributed by atoms with Crippen molar-refractivity contribution >= 4 is 21.3 Å². The van der Waals surface area contributed by atoms with Crippen LogP contribution in [0, 0.1) is 11.3 Å². The molecular weight excluding hydrogens is 411 g/mol. The van der Waals surface area contributed by atoms with Gasteiger partial charge in [-0.1, -0.05) is 0 Å². The van der Waals surface area contributed by atoms with E-state index in [-0.39, 0.29) is 5.75 Å². The Kier molecular flexibility index (Phi) is 6.39. The molecule has 1 aromatic heterocycles. The topological polar surface area (TPSA) is 66.1 Å². The molecule has 0 aliphatic rings. The van der Waals surface area contributed by atoms with Gasteiger partial charge in [0.25, 0.3) is 0 Å². The number of phenolic OH excluding ortho intramolecular Hbond substituents is 1. The summed E-state index contributed by atoms with van der Waals surface area (Å²) in [5.41, 5.74) is 5.21. The molecule has 140 valence electrons. The fourth-order valence-corrected chi connectivity index (χ4v) is 3.85. The summed E-state index contributed by atoms with van der Waals surface area (Å²) in [5, 5.41) is 19.9. The van der Waals surface area contributed by atoms with E-state index < -0.39 is 0 Å². The first kappa shape index (κ1) is 20.0. The normalized spacial score (nSPS) is 10.5. The maximum atomic E-state index is 10.0. The first-order chi connectivity index (χ1) is 13.6. The number of benzene rings is 2. The number of hydrogen-bond donors (Lipinski definition) is 1. The fourth-order valence-electron chi connectivity index (χ4n) is 3.30. The molecule has 0 spiro atoms. The van der Waals surface area contributed by atoms with Crippen molar-refractivity contribution in [3.05, 3.63) is 59.7 Å². The van der Waals surface area contributed by atoms with Crippen LogP contribution in [0.5, 0.6) is 11.5 Å². The third-order valence-electron chi connectivity index (χ3n) is 4.69. The second kappa shape index (κ2) is 8.95. The summed E-state index contributed by atoms with van der Waals surface area (Å²) in [4.78, 5) is 4.78. The van der Waals surface area contributed by atoms with Crippen molar-refractivity contribution in [2.75, 3.05) is 7.11 Å². The third-order valence-corrected chi connectivity index (χ3v) is 5.37. The third kappa shape index (κ3) is 3.91. The van der Waals surface area contributed by atoms with Gasteiger partial charge in [-0.25, -0.2) is 0 Å². The van der Waals surface area contributed by atoms with Crippen molar-refractivity contribution in [1.82, 2.24) is 4.98 Å². The molecule has 5 heteroatoms. The summed E-state index contributed by atoms with van der Waals surface area (Å²) in [6.45, 7) is 2.15. The second-order valence-electron chi connectivity index (χ2n) is 6.48. The summed E-state index contributed by atoms with van der Waals surface area (Å²) in [7, 11) is 1.52. The van der Waals surface area contributed by atoms with Crippen molar-refractivity contribution in [3.63, 3.8) is 0 Å². The van der Waals surface area contributed by atoms with Crippen molar-refractivity contribution in [3.8, 4) is 40.0 Å². The zero-order valence-corrected chi connectivity index (χ0v) is 17.8. The zero-order chi connectivity index (χ0) is 20.1. The Bertz CT molecular complexity index is 1030. The molecule has 0 aliphatic carbocycles. The minimum absolute atomic E-state index is 0.0738. The molecule has 0 amide bonds. The summed E-state index contributed by atoms with van der Waals surface area (Å²) in [6.07, 6.45) is 2.85. The molecule has 2 aromatic carbocycles. The zero-order valence-electron chi connectivity index (χ0n) is 15.9. The van der Waals surface area contributed by atoms with E-state index in [0.29, 0.717) is 15.8 Å². The van der Waals surface area contributed by atoms with E-state index in [4.69, 9.17) is 9.72 Å². The summed E-state index contributed by atoms with van der Waals surface area (Å²) >= 11 is 2.41. The Balaban J connectivity index is 2.36. The Labute approximate surface area is 174 Å². The van der Waals surface area contributed by atoms with E-state index in [1.807, 2.05) is 36.4 Å². The number of rotatable bonds is 6. The Hall–Kier alpha value is -2.76. The van der Waals surface area contributed by atoms with Gasteiger partial charge in [0.1, 0.15) is 0 Å². The van der Waals surface area contributed by atoms with Crippen molar-refractivity contribution in [1.29, 1.82) is 5.26 Å². The monoisotopic (exact) mass is 432 g/mol. The van der Waals surface area contributed by atoms with Crippen LogP contribution in [0.4, 0.5) is 0 Å². The van der Waals surface area contributed by atoms with Crippen molar-refractivity contribution in [2.24, 2.45) is 0 Å². The fraction of sp³-hybridized carbons (Fsp3) is 0.217. The molecule has 0 saturated carbocycles. The van der Waals surface area contributed by atoms with Crippen LogP contribution < -0.4 is 9.22 Å². The number of pyridine rings is 1. The van der Waals surface area contributed by atoms with Crippen LogP contribution in [0.1, 0.15) is 30.9 Å². The number of phenols is 1. The predicted octanol–water partition coefficient (Wildman–Crippen LogP) is 4.14. The van der Waals surface area contributed by atoms with Crippen LogP contribution in [-0.2, 0) is 6.42 Å². The van der Waals surface area contributed by atoms with Crippen LogP contribution in [0.15, 0.2) is 48.5 Å². The van der Waals surface area contributed by atoms with Crippen LogP contribution in [0.25, 0.3) is 22.4 Å². The van der Waals surface area contributed by atoms with E-state index in [0.717, 1.165) is 47.2 Å². The standard InChI is InChI=1S/C23H21AsN2O2/c1-3-4-10-17-21(16-11-12-19(27)20(13-16)28-2)18(14-25)23(24)26-22(17)15-8-6-5-7-9-15/h5-9,11-13,27H,3-4,10H2,1-2H3. The number of nitriles is 1. The first-order valence-corrected chi connectivity index (χ1v) is 10.1. The molecule has 1 heterocycles. The number of nitrogens with zero attached hydrogens (tertiary/aromatic N) is 2. The molecule has 0 unspecified atom stereocenters. The molecule has 0 saturated heterocycles. The Morgan fingerprint density at radius 2 is 1.89 bits per heavy atom. The van der Waals surface area contributed by atoms with Crippen molar-refractivity contribution in [2.45, 2.75) is 26.2 Å². The van der Waals surface area contributed by atoms with Crippen LogP contribution in [0.3, 0.4) is 0 Å². The molecule has 0 aliphatic heterocycles. The van der Waals surface area contributed by atoms with Gasteiger partial charge in [0.2, 0.25) is 0 Å². The molecule has 4 nitrogen and oxygen atoms in total. The van der Waals surface area contributed by atoms with Crippen LogP contribution >= 0.6 is 0 Å². The average molecular weight is 432 g/mol. The molecule has 0 fully saturated rings. The van der Waals surface area contributed by atoms with Gasteiger partial charge in [0, 0.05) is 0 Å². The molecule has 2 radical (unpaired) electrons. The van der Waals surface area contributed by atoms with Gasteiger partial charge in [-0.2, -0.15) is 0 Å². The van der Waals surface area contributed by atoms with E-state index in [2.05, 4.69) is 29.8 Å². The van der Waals surface area contributed by atoms with Crippen LogP contribution in [-0.4, -0.2) is 34.1 Å². The van der Waals surface area contributed by atoms with Gasteiger partial charge < -0.3 is 0 Å². The van der Waals surface area contributed by atoms with Gasteiger partial charge in [-0.05, 0) is 0 Å². The molecule has 3 rings (SSSR count). The molecule has 0 bridgehead atoms. The second-order valence-corrected chi connectivity index (χ2v) is 7.37. The van der Waals surface area contributed by atoms with E-state index in [9.17, 15) is 10.4 Å². The van der Waals surface area contributed by atoms with Crippen LogP contribution in [0.2, 0.25) is 0 Å². The van der Waals surface area contributed by atoms with Gasteiger partial charge in [0.15, 0.2) is 0 Å². The predicted molar refractivity (Wildman–Crippen MR) is 112 cm³/mol. The van der Waals surface area contributed by atoms with Gasteiger partial charge in [0.05, 0.1) is 0 Å². The number of methoxy groups -OCH3 is 1.